The van der Waals surface area contributed by atoms with E-state index in [1.807, 2.05) is 5.32 Å². The van der Waals surface area contributed by atoms with E-state index in [-0.39, 0.29) is 25.9 Å². The highest BCUT2D eigenvalue weighted by Crippen LogP contribution is 2.24. The molecular formula is C13H24F3N3O5. The minimum Gasteiger partial charge on any atom is -0.464 e. The average Bonchev–Trinajstić information content (AvgIpc) is 2.47. The molecule has 0 aliphatic heterocycles. The lowest BCUT2D eigenvalue weighted by atomic mass is 9.87. The van der Waals surface area contributed by atoms with Gasteiger partial charge in [0.25, 0.3) is 0 Å². The number of alkyl halides is 3. The van der Waals surface area contributed by atoms with Gasteiger partial charge in [-0.2, -0.15) is 13.2 Å². The molecule has 0 rings (SSSR count). The largest absolute Gasteiger partial charge is 0.464 e. The minimum absolute atomic E-state index is 0.0418. The van der Waals surface area contributed by atoms with E-state index >= 15 is 0 Å². The van der Waals surface area contributed by atoms with E-state index in [0.717, 1.165) is 0 Å². The van der Waals surface area contributed by atoms with Crippen LogP contribution in [0.4, 0.5) is 18.0 Å². The molecule has 0 bridgehead atoms. The lowest BCUT2D eigenvalue weighted by Crippen LogP contribution is -2.67. The predicted octanol–water partition coefficient (Wildman–Crippen LogP) is -0.240. The van der Waals surface area contributed by atoms with Crippen LogP contribution in [0.2, 0.25) is 0 Å². The van der Waals surface area contributed by atoms with Gasteiger partial charge in [0.15, 0.2) is 5.54 Å². The van der Waals surface area contributed by atoms with E-state index in [9.17, 15) is 33.0 Å². The molecule has 11 heteroatoms. The Balaban J connectivity index is 4.79. The number of hydrogen-bond donors (Lipinski definition) is 5. The lowest BCUT2D eigenvalue weighted by Gasteiger charge is -2.34. The SMILES string of the molecule is CCOC(=O)C(N)(CNC(N)=O)C(O)C(O)CCCCC(F)(F)F. The standard InChI is InChI=1S/C13H24F3N3O5/c1-2-24-10(22)12(18,7-19-11(17)23)9(21)8(20)5-3-4-6-13(14,15)16/h8-9,20-21H,2-7,18H2,1H3,(H3,17,19,23). The molecule has 0 aromatic rings. The number of amides is 2. The zero-order chi connectivity index (χ0) is 19.0. The number of carbonyl (C=O) groups is 2. The van der Waals surface area contributed by atoms with Gasteiger partial charge in [-0.05, 0) is 19.8 Å². The Kier molecular flexibility index (Phi) is 9.01. The summed E-state index contributed by atoms with van der Waals surface area (Å²) in [6, 6.07) is -1.01. The van der Waals surface area contributed by atoms with E-state index in [1.54, 1.807) is 0 Å². The number of carbonyl (C=O) groups excluding carboxylic acids is 2. The van der Waals surface area contributed by atoms with Crippen molar-refractivity contribution in [2.75, 3.05) is 13.2 Å². The number of ether oxygens (including phenoxy) is 1. The monoisotopic (exact) mass is 359 g/mol. The number of esters is 1. The van der Waals surface area contributed by atoms with Crippen LogP contribution in [0.25, 0.3) is 0 Å². The summed E-state index contributed by atoms with van der Waals surface area (Å²) in [7, 11) is 0. The summed E-state index contributed by atoms with van der Waals surface area (Å²) in [5, 5.41) is 22.1. The normalized spacial score (nSPS) is 16.8. The fraction of sp³-hybridized carbons (Fsp3) is 0.846. The molecule has 142 valence electrons. The number of nitrogens with two attached hydrogens (primary N) is 2. The number of aliphatic hydroxyl groups excluding tert-OH is 2. The molecule has 8 nitrogen and oxygen atoms in total. The summed E-state index contributed by atoms with van der Waals surface area (Å²) >= 11 is 0. The number of aliphatic hydroxyl groups is 2. The van der Waals surface area contributed by atoms with Crippen LogP contribution in [-0.4, -0.2) is 59.3 Å². The van der Waals surface area contributed by atoms with Crippen LogP contribution >= 0.6 is 0 Å². The molecule has 3 unspecified atom stereocenters. The lowest BCUT2D eigenvalue weighted by molar-refractivity contribution is -0.158. The quantitative estimate of drug-likeness (QED) is 0.269. The van der Waals surface area contributed by atoms with Crippen molar-refractivity contribution in [3.8, 4) is 0 Å². The van der Waals surface area contributed by atoms with Crippen LogP contribution in [0.1, 0.15) is 32.6 Å². The van der Waals surface area contributed by atoms with E-state index in [0.29, 0.717) is 0 Å². The number of nitrogens with one attached hydrogen (secondary N) is 1. The maximum atomic E-state index is 12.0. The number of rotatable bonds is 10. The summed E-state index contributed by atoms with van der Waals surface area (Å²) in [5.41, 5.74) is 8.45. The third-order valence-electron chi connectivity index (χ3n) is 3.31. The van der Waals surface area contributed by atoms with Gasteiger partial charge >= 0.3 is 18.2 Å². The molecule has 0 heterocycles. The average molecular weight is 359 g/mol. The second-order valence-corrected chi connectivity index (χ2v) is 5.35. The third-order valence-corrected chi connectivity index (χ3v) is 3.31. The van der Waals surface area contributed by atoms with Gasteiger partial charge in [-0.15, -0.1) is 0 Å². The highest BCUT2D eigenvalue weighted by Gasteiger charge is 2.46. The fourth-order valence-electron chi connectivity index (χ4n) is 1.98. The van der Waals surface area contributed by atoms with Crippen LogP contribution in [0.5, 0.6) is 0 Å². The first-order valence-electron chi connectivity index (χ1n) is 7.36. The zero-order valence-corrected chi connectivity index (χ0v) is 13.3. The molecule has 7 N–H and O–H groups in total. The smallest absolute Gasteiger partial charge is 0.389 e. The fourth-order valence-corrected chi connectivity index (χ4v) is 1.98. The van der Waals surface area contributed by atoms with Gasteiger partial charge in [0.2, 0.25) is 0 Å². The van der Waals surface area contributed by atoms with Gasteiger partial charge < -0.3 is 31.7 Å². The highest BCUT2D eigenvalue weighted by molar-refractivity contribution is 5.83. The minimum atomic E-state index is -4.31. The molecule has 0 aromatic carbocycles. The first-order valence-corrected chi connectivity index (χ1v) is 7.36. The molecule has 0 saturated carbocycles. The van der Waals surface area contributed by atoms with Crippen LogP contribution < -0.4 is 16.8 Å². The molecule has 2 amide bonds. The van der Waals surface area contributed by atoms with Crippen LogP contribution in [0.3, 0.4) is 0 Å². The van der Waals surface area contributed by atoms with Crippen LogP contribution in [-0.2, 0) is 9.53 Å². The Hall–Kier alpha value is -1.59. The van der Waals surface area contributed by atoms with Crippen LogP contribution in [0.15, 0.2) is 0 Å². The van der Waals surface area contributed by atoms with Crippen molar-refractivity contribution in [2.24, 2.45) is 11.5 Å². The van der Waals surface area contributed by atoms with Gasteiger partial charge in [0.1, 0.15) is 6.10 Å². The van der Waals surface area contributed by atoms with Crippen molar-refractivity contribution < 1.29 is 37.7 Å². The number of unbranched alkanes of at least 4 members (excludes halogenated alkanes) is 1. The number of primary amides is 1. The number of urea groups is 1. The predicted molar refractivity (Wildman–Crippen MR) is 77.7 cm³/mol. The molecule has 0 fully saturated rings. The summed E-state index contributed by atoms with van der Waals surface area (Å²) < 4.78 is 40.9. The van der Waals surface area contributed by atoms with Crippen molar-refractivity contribution in [2.45, 2.75) is 56.5 Å². The zero-order valence-electron chi connectivity index (χ0n) is 13.3. The number of hydrogen-bond acceptors (Lipinski definition) is 6. The Morgan fingerprint density at radius 3 is 2.29 bits per heavy atom. The summed E-state index contributed by atoms with van der Waals surface area (Å²) in [5.74, 6) is -1.08. The van der Waals surface area contributed by atoms with Gasteiger partial charge in [0.05, 0.1) is 19.3 Å². The van der Waals surface area contributed by atoms with Gasteiger partial charge in [-0.1, -0.05) is 6.42 Å². The van der Waals surface area contributed by atoms with Crippen molar-refractivity contribution in [3.05, 3.63) is 0 Å². The molecule has 0 radical (unpaired) electrons. The molecular weight excluding hydrogens is 335 g/mol. The Labute approximate surface area is 137 Å². The molecule has 0 aliphatic carbocycles. The van der Waals surface area contributed by atoms with Crippen molar-refractivity contribution in [1.82, 2.24) is 5.32 Å². The second-order valence-electron chi connectivity index (χ2n) is 5.35. The Morgan fingerprint density at radius 2 is 1.83 bits per heavy atom. The third kappa shape index (κ3) is 7.79. The van der Waals surface area contributed by atoms with Crippen molar-refractivity contribution >= 4 is 12.0 Å². The summed E-state index contributed by atoms with van der Waals surface area (Å²) in [6.45, 7) is 0.810. The maximum absolute atomic E-state index is 12.0. The Bertz CT molecular complexity index is 422. The molecule has 0 aliphatic rings. The molecule has 0 saturated heterocycles. The van der Waals surface area contributed by atoms with Gasteiger partial charge in [-0.25, -0.2) is 9.59 Å². The summed E-state index contributed by atoms with van der Waals surface area (Å²) in [6.07, 6.45) is -9.28. The first-order chi connectivity index (χ1) is 10.9. The summed E-state index contributed by atoms with van der Waals surface area (Å²) in [4.78, 5) is 22.7. The molecule has 3 atom stereocenters. The van der Waals surface area contributed by atoms with E-state index < -0.39 is 48.9 Å². The van der Waals surface area contributed by atoms with E-state index in [4.69, 9.17) is 16.2 Å². The molecule has 24 heavy (non-hydrogen) atoms. The topological polar surface area (TPSA) is 148 Å². The van der Waals surface area contributed by atoms with E-state index in [2.05, 4.69) is 0 Å². The van der Waals surface area contributed by atoms with Gasteiger partial charge in [-0.3, -0.25) is 0 Å². The number of halogens is 3. The molecule has 0 aromatic heterocycles. The van der Waals surface area contributed by atoms with E-state index in [1.165, 1.54) is 6.92 Å². The van der Waals surface area contributed by atoms with Crippen molar-refractivity contribution in [3.63, 3.8) is 0 Å². The molecule has 0 spiro atoms. The van der Waals surface area contributed by atoms with Crippen LogP contribution in [0, 0.1) is 0 Å². The first kappa shape index (κ1) is 22.4. The van der Waals surface area contributed by atoms with Gasteiger partial charge in [0, 0.05) is 6.42 Å². The Morgan fingerprint density at radius 1 is 1.25 bits per heavy atom. The maximum Gasteiger partial charge on any atom is 0.389 e. The highest BCUT2D eigenvalue weighted by atomic mass is 19.4. The van der Waals surface area contributed by atoms with Crippen molar-refractivity contribution in [1.29, 1.82) is 0 Å². The second kappa shape index (κ2) is 9.64.